The molecule has 4 nitrogen and oxygen atoms in total. The Labute approximate surface area is 98.7 Å². The number of nitrogens with zero attached hydrogens (tertiary/aromatic N) is 1. The summed E-state index contributed by atoms with van der Waals surface area (Å²) in [6.07, 6.45) is -2.83. The van der Waals surface area contributed by atoms with Crippen LogP contribution in [-0.4, -0.2) is 25.2 Å². The lowest BCUT2D eigenvalue weighted by atomic mass is 10.2. The van der Waals surface area contributed by atoms with Crippen LogP contribution in [0, 0.1) is 0 Å². The van der Waals surface area contributed by atoms with E-state index in [-0.39, 0.29) is 10.4 Å². The molecular formula is C9H8BrF2NO3. The van der Waals surface area contributed by atoms with Gasteiger partial charge in [-0.3, -0.25) is 0 Å². The lowest BCUT2D eigenvalue weighted by molar-refractivity contribution is 0.0580. The number of carbonyl (C=O) groups is 1. The van der Waals surface area contributed by atoms with Gasteiger partial charge in [0.05, 0.1) is 19.8 Å². The lowest BCUT2D eigenvalue weighted by Crippen LogP contribution is -2.10. The molecule has 0 amide bonds. The summed E-state index contributed by atoms with van der Waals surface area (Å²) in [5.41, 5.74) is -0.962. The van der Waals surface area contributed by atoms with Crippen LogP contribution in [0.2, 0.25) is 0 Å². The van der Waals surface area contributed by atoms with Crippen LogP contribution in [0.3, 0.4) is 0 Å². The third-order valence-corrected chi connectivity index (χ3v) is 2.45. The van der Waals surface area contributed by atoms with Gasteiger partial charge in [-0.05, 0) is 0 Å². The van der Waals surface area contributed by atoms with E-state index in [1.165, 1.54) is 13.2 Å². The van der Waals surface area contributed by atoms with Crippen molar-refractivity contribution in [3.63, 3.8) is 0 Å². The molecule has 1 aromatic heterocycles. The molecule has 0 bridgehead atoms. The third-order valence-electron chi connectivity index (χ3n) is 1.79. The molecule has 0 N–H and O–H groups in total. The maximum Gasteiger partial charge on any atom is 0.357 e. The number of hydrogen-bond donors (Lipinski definition) is 0. The summed E-state index contributed by atoms with van der Waals surface area (Å²) in [4.78, 5) is 14.9. The molecule has 0 radical (unpaired) electrons. The molecule has 0 atom stereocenters. The highest BCUT2D eigenvalue weighted by molar-refractivity contribution is 9.10. The quantitative estimate of drug-likeness (QED) is 0.804. The van der Waals surface area contributed by atoms with E-state index in [4.69, 9.17) is 4.74 Å². The summed E-state index contributed by atoms with van der Waals surface area (Å²) in [5, 5.41) is 0. The molecule has 1 rings (SSSR count). The zero-order valence-electron chi connectivity index (χ0n) is 8.46. The normalized spacial score (nSPS) is 10.4. The Morgan fingerprint density at radius 3 is 2.56 bits per heavy atom. The molecule has 7 heteroatoms. The molecule has 0 spiro atoms. The van der Waals surface area contributed by atoms with Gasteiger partial charge in [-0.25, -0.2) is 18.6 Å². The van der Waals surface area contributed by atoms with E-state index in [2.05, 4.69) is 25.7 Å². The van der Waals surface area contributed by atoms with Gasteiger partial charge in [-0.1, -0.05) is 15.9 Å². The average Bonchev–Trinajstić information content (AvgIpc) is 2.26. The van der Waals surface area contributed by atoms with Crippen LogP contribution >= 0.6 is 15.9 Å². The molecule has 0 saturated heterocycles. The zero-order valence-corrected chi connectivity index (χ0v) is 10.0. The van der Waals surface area contributed by atoms with E-state index < -0.39 is 23.7 Å². The predicted molar refractivity (Wildman–Crippen MR) is 54.8 cm³/mol. The maximum atomic E-state index is 12.7. The van der Waals surface area contributed by atoms with Crippen molar-refractivity contribution < 1.29 is 23.0 Å². The Bertz CT molecular complexity index is 412. The minimum absolute atomic E-state index is 0.0507. The predicted octanol–water partition coefficient (Wildman–Crippen LogP) is 2.58. The van der Waals surface area contributed by atoms with Crippen LogP contribution in [-0.2, 0) is 4.74 Å². The molecule has 16 heavy (non-hydrogen) atoms. The second kappa shape index (κ2) is 5.20. The summed E-state index contributed by atoms with van der Waals surface area (Å²) in [7, 11) is 2.41. The number of alkyl halides is 2. The van der Waals surface area contributed by atoms with Gasteiger partial charge in [0.1, 0.15) is 0 Å². The van der Waals surface area contributed by atoms with Crippen molar-refractivity contribution in [1.29, 1.82) is 0 Å². The van der Waals surface area contributed by atoms with Crippen molar-refractivity contribution in [2.45, 2.75) is 6.43 Å². The van der Waals surface area contributed by atoms with E-state index in [0.29, 0.717) is 0 Å². The minimum atomic E-state index is -2.83. The summed E-state index contributed by atoms with van der Waals surface area (Å²) >= 11 is 2.93. The number of esters is 1. The van der Waals surface area contributed by atoms with Gasteiger partial charge in [-0.2, -0.15) is 0 Å². The van der Waals surface area contributed by atoms with E-state index >= 15 is 0 Å². The Hall–Kier alpha value is -1.24. The molecule has 0 fully saturated rings. The van der Waals surface area contributed by atoms with Gasteiger partial charge in [-0.15, -0.1) is 0 Å². The third kappa shape index (κ3) is 2.46. The number of pyridine rings is 1. The first-order chi connectivity index (χ1) is 7.51. The lowest BCUT2D eigenvalue weighted by Gasteiger charge is -2.10. The highest BCUT2D eigenvalue weighted by Crippen LogP contribution is 2.32. The monoisotopic (exact) mass is 295 g/mol. The van der Waals surface area contributed by atoms with Gasteiger partial charge in [0.2, 0.25) is 5.88 Å². The SMILES string of the molecule is COC(=O)c1nc(OC)cc(Br)c1C(F)F. The number of methoxy groups -OCH3 is 2. The second-order valence-corrected chi connectivity index (χ2v) is 3.56. The topological polar surface area (TPSA) is 48.4 Å². The molecular weight excluding hydrogens is 288 g/mol. The molecule has 0 aliphatic heterocycles. The fourth-order valence-electron chi connectivity index (χ4n) is 1.07. The number of ether oxygens (including phenoxy) is 2. The summed E-state index contributed by atoms with van der Waals surface area (Å²) in [6, 6.07) is 1.26. The fraction of sp³-hybridized carbons (Fsp3) is 0.333. The molecule has 0 aliphatic carbocycles. The Morgan fingerprint density at radius 1 is 1.50 bits per heavy atom. The number of rotatable bonds is 3. The first-order valence-electron chi connectivity index (χ1n) is 4.12. The van der Waals surface area contributed by atoms with Crippen molar-refractivity contribution in [2.24, 2.45) is 0 Å². The smallest absolute Gasteiger partial charge is 0.357 e. The molecule has 0 unspecified atom stereocenters. The van der Waals surface area contributed by atoms with Crippen molar-refractivity contribution in [2.75, 3.05) is 14.2 Å². The minimum Gasteiger partial charge on any atom is -0.481 e. The number of aromatic nitrogens is 1. The number of hydrogen-bond acceptors (Lipinski definition) is 4. The molecule has 0 saturated carbocycles. The van der Waals surface area contributed by atoms with Crippen molar-refractivity contribution >= 4 is 21.9 Å². The van der Waals surface area contributed by atoms with Crippen molar-refractivity contribution in [3.8, 4) is 5.88 Å². The van der Waals surface area contributed by atoms with Gasteiger partial charge >= 0.3 is 5.97 Å². The standard InChI is InChI=1S/C9H8BrF2NO3/c1-15-5-3-4(10)6(8(11)12)7(13-5)9(14)16-2/h3,8H,1-2H3. The zero-order chi connectivity index (χ0) is 12.3. The Kier molecular flexibility index (Phi) is 4.17. The van der Waals surface area contributed by atoms with E-state index in [1.54, 1.807) is 0 Å². The summed E-state index contributed by atoms with van der Waals surface area (Å²) in [6.45, 7) is 0. The molecule has 1 heterocycles. The van der Waals surface area contributed by atoms with Crippen LogP contribution in [0.15, 0.2) is 10.5 Å². The van der Waals surface area contributed by atoms with Gasteiger partial charge in [0, 0.05) is 10.5 Å². The number of carbonyl (C=O) groups excluding carboxylic acids is 1. The molecule has 1 aromatic rings. The van der Waals surface area contributed by atoms with Crippen molar-refractivity contribution in [1.82, 2.24) is 4.98 Å². The maximum absolute atomic E-state index is 12.7. The van der Waals surface area contributed by atoms with Crippen LogP contribution < -0.4 is 4.74 Å². The first kappa shape index (κ1) is 12.8. The van der Waals surface area contributed by atoms with E-state index in [1.807, 2.05) is 0 Å². The average molecular weight is 296 g/mol. The van der Waals surface area contributed by atoms with Crippen LogP contribution in [0.25, 0.3) is 0 Å². The van der Waals surface area contributed by atoms with E-state index in [9.17, 15) is 13.6 Å². The largest absolute Gasteiger partial charge is 0.481 e. The van der Waals surface area contributed by atoms with Gasteiger partial charge < -0.3 is 9.47 Å². The molecule has 0 aliphatic rings. The Morgan fingerprint density at radius 2 is 2.12 bits per heavy atom. The van der Waals surface area contributed by atoms with Crippen LogP contribution in [0.5, 0.6) is 5.88 Å². The number of halogens is 3. The highest BCUT2D eigenvalue weighted by atomic mass is 79.9. The van der Waals surface area contributed by atoms with Crippen molar-refractivity contribution in [3.05, 3.63) is 21.8 Å². The first-order valence-corrected chi connectivity index (χ1v) is 4.91. The highest BCUT2D eigenvalue weighted by Gasteiger charge is 2.25. The van der Waals surface area contributed by atoms with Gasteiger partial charge in [0.15, 0.2) is 5.69 Å². The summed E-state index contributed by atoms with van der Waals surface area (Å²) < 4.78 is 34.6. The van der Waals surface area contributed by atoms with Crippen LogP contribution in [0.1, 0.15) is 22.5 Å². The second-order valence-electron chi connectivity index (χ2n) is 2.70. The van der Waals surface area contributed by atoms with E-state index in [0.717, 1.165) is 7.11 Å². The Balaban J connectivity index is 3.40. The molecule has 88 valence electrons. The molecule has 0 aromatic carbocycles. The summed E-state index contributed by atoms with van der Waals surface area (Å²) in [5.74, 6) is -0.883. The van der Waals surface area contributed by atoms with Crippen LogP contribution in [0.4, 0.5) is 8.78 Å². The van der Waals surface area contributed by atoms with Gasteiger partial charge in [0.25, 0.3) is 6.43 Å². The fourth-order valence-corrected chi connectivity index (χ4v) is 1.62.